The first-order chi connectivity index (χ1) is 13.2. The Morgan fingerprint density at radius 2 is 1.71 bits per heavy atom. The van der Waals surface area contributed by atoms with Gasteiger partial charge in [-0.2, -0.15) is 0 Å². The van der Waals surface area contributed by atoms with E-state index in [0.717, 1.165) is 4.31 Å². The molecule has 1 aliphatic rings. The number of benzene rings is 1. The summed E-state index contributed by atoms with van der Waals surface area (Å²) in [5, 5.41) is 3.11. The van der Waals surface area contributed by atoms with Crippen molar-refractivity contribution in [2.75, 3.05) is 58.7 Å². The number of anilines is 1. The van der Waals surface area contributed by atoms with Crippen LogP contribution in [0.15, 0.2) is 23.1 Å². The molecule has 1 aromatic rings. The average Bonchev–Trinajstić information content (AvgIpc) is 2.68. The van der Waals surface area contributed by atoms with Crippen molar-refractivity contribution in [3.8, 4) is 0 Å². The molecule has 1 fully saturated rings. The lowest BCUT2D eigenvalue weighted by molar-refractivity contribution is 0.0571. The number of amides is 2. The highest BCUT2D eigenvalue weighted by molar-refractivity contribution is 7.89. The first kappa shape index (κ1) is 22.0. The summed E-state index contributed by atoms with van der Waals surface area (Å²) in [6, 6.07) is 4.51. The van der Waals surface area contributed by atoms with Crippen molar-refractivity contribution in [1.82, 2.24) is 14.1 Å². The van der Waals surface area contributed by atoms with Crippen molar-refractivity contribution in [3.63, 3.8) is 0 Å². The van der Waals surface area contributed by atoms with Crippen LogP contribution in [-0.4, -0.2) is 87.9 Å². The lowest BCUT2D eigenvalue weighted by Gasteiger charge is -2.34. The summed E-state index contributed by atoms with van der Waals surface area (Å²) in [4.78, 5) is 28.2. The smallest absolute Gasteiger partial charge is 0.409 e. The Hall–Kier alpha value is -2.33. The fourth-order valence-corrected chi connectivity index (χ4v) is 3.82. The van der Waals surface area contributed by atoms with Gasteiger partial charge in [-0.05, 0) is 32.0 Å². The highest BCUT2D eigenvalue weighted by Gasteiger charge is 2.28. The first-order valence-electron chi connectivity index (χ1n) is 9.23. The van der Waals surface area contributed by atoms with E-state index in [1.807, 2.05) is 6.92 Å². The standard InChI is InChI=1S/C18H28N4O5S/c1-5-19-16-8-7-14(28(25,26)20(3)4)13-15(16)17(23)21-9-11-22(12-10-21)18(24)27-6-2/h7-8,13,19H,5-6,9-12H2,1-4H3. The van der Waals surface area contributed by atoms with Gasteiger partial charge in [-0.15, -0.1) is 0 Å². The fourth-order valence-electron chi connectivity index (χ4n) is 2.89. The molecule has 10 heteroatoms. The Kier molecular flexibility index (Phi) is 7.25. The Morgan fingerprint density at radius 3 is 2.25 bits per heavy atom. The number of rotatable bonds is 6. The van der Waals surface area contributed by atoms with Gasteiger partial charge >= 0.3 is 6.09 Å². The van der Waals surface area contributed by atoms with Gasteiger partial charge in [0.25, 0.3) is 5.91 Å². The highest BCUT2D eigenvalue weighted by atomic mass is 32.2. The van der Waals surface area contributed by atoms with E-state index in [2.05, 4.69) is 5.32 Å². The summed E-state index contributed by atoms with van der Waals surface area (Å²) in [6.07, 6.45) is -0.387. The normalized spacial score (nSPS) is 14.9. The van der Waals surface area contributed by atoms with E-state index in [0.29, 0.717) is 50.6 Å². The number of nitrogens with one attached hydrogen (secondary N) is 1. The molecule has 0 unspecified atom stereocenters. The molecule has 0 aliphatic carbocycles. The van der Waals surface area contributed by atoms with Crippen LogP contribution in [0.25, 0.3) is 0 Å². The van der Waals surface area contributed by atoms with Crippen LogP contribution in [0, 0.1) is 0 Å². The summed E-state index contributed by atoms with van der Waals surface area (Å²) >= 11 is 0. The predicted molar refractivity (Wildman–Crippen MR) is 106 cm³/mol. The number of ether oxygens (including phenoxy) is 1. The van der Waals surface area contributed by atoms with E-state index in [1.54, 1.807) is 22.8 Å². The molecule has 1 aromatic carbocycles. The summed E-state index contributed by atoms with van der Waals surface area (Å²) in [5.41, 5.74) is 0.882. The molecule has 2 amide bonds. The van der Waals surface area contributed by atoms with Crippen LogP contribution in [-0.2, 0) is 14.8 Å². The minimum Gasteiger partial charge on any atom is -0.450 e. The maximum absolute atomic E-state index is 13.1. The minimum absolute atomic E-state index is 0.0627. The molecule has 0 radical (unpaired) electrons. The topological polar surface area (TPSA) is 99.3 Å². The molecule has 0 spiro atoms. The molecular weight excluding hydrogens is 384 g/mol. The zero-order valence-electron chi connectivity index (χ0n) is 16.8. The number of carbonyl (C=O) groups is 2. The van der Waals surface area contributed by atoms with Gasteiger partial charge in [0.05, 0.1) is 17.1 Å². The van der Waals surface area contributed by atoms with E-state index in [-0.39, 0.29) is 16.9 Å². The summed E-state index contributed by atoms with van der Waals surface area (Å²) < 4.78 is 31.0. The van der Waals surface area contributed by atoms with Crippen molar-refractivity contribution in [2.24, 2.45) is 0 Å². The Labute approximate surface area is 166 Å². The van der Waals surface area contributed by atoms with Gasteiger partial charge in [-0.1, -0.05) is 0 Å². The quantitative estimate of drug-likeness (QED) is 0.756. The molecule has 2 rings (SSSR count). The average molecular weight is 413 g/mol. The minimum atomic E-state index is -3.66. The van der Waals surface area contributed by atoms with E-state index in [4.69, 9.17) is 4.74 Å². The Bertz CT molecular complexity index is 817. The van der Waals surface area contributed by atoms with Crippen molar-refractivity contribution in [1.29, 1.82) is 0 Å². The van der Waals surface area contributed by atoms with Gasteiger partial charge in [0, 0.05) is 52.5 Å². The van der Waals surface area contributed by atoms with Crippen LogP contribution in [0.4, 0.5) is 10.5 Å². The SMILES string of the molecule is CCNc1ccc(S(=O)(=O)N(C)C)cc1C(=O)N1CCN(C(=O)OCC)CC1. The molecule has 1 saturated heterocycles. The molecule has 0 aromatic heterocycles. The second-order valence-corrected chi connectivity index (χ2v) is 8.66. The largest absolute Gasteiger partial charge is 0.450 e. The van der Waals surface area contributed by atoms with E-state index < -0.39 is 10.0 Å². The van der Waals surface area contributed by atoms with Gasteiger partial charge in [-0.25, -0.2) is 17.5 Å². The number of sulfonamides is 1. The fraction of sp³-hybridized carbons (Fsp3) is 0.556. The first-order valence-corrected chi connectivity index (χ1v) is 10.7. The Morgan fingerprint density at radius 1 is 1.11 bits per heavy atom. The molecular formula is C18H28N4O5S. The maximum Gasteiger partial charge on any atom is 0.409 e. The highest BCUT2D eigenvalue weighted by Crippen LogP contribution is 2.24. The van der Waals surface area contributed by atoms with Crippen LogP contribution in [0.1, 0.15) is 24.2 Å². The van der Waals surface area contributed by atoms with E-state index in [1.165, 1.54) is 26.2 Å². The third-order valence-electron chi connectivity index (χ3n) is 4.46. The predicted octanol–water partition coefficient (Wildman–Crippen LogP) is 1.28. The lowest BCUT2D eigenvalue weighted by atomic mass is 10.1. The van der Waals surface area contributed by atoms with Gasteiger partial charge < -0.3 is 19.9 Å². The van der Waals surface area contributed by atoms with Crippen molar-refractivity contribution < 1.29 is 22.7 Å². The maximum atomic E-state index is 13.1. The number of hydrogen-bond donors (Lipinski definition) is 1. The number of piperazine rings is 1. The molecule has 0 bridgehead atoms. The summed E-state index contributed by atoms with van der Waals surface area (Å²) in [7, 11) is -0.760. The third kappa shape index (κ3) is 4.74. The van der Waals surface area contributed by atoms with Crippen molar-refractivity contribution >= 4 is 27.7 Å². The van der Waals surface area contributed by atoms with Crippen molar-refractivity contribution in [3.05, 3.63) is 23.8 Å². The van der Waals surface area contributed by atoms with Crippen LogP contribution >= 0.6 is 0 Å². The second-order valence-electron chi connectivity index (χ2n) is 6.50. The van der Waals surface area contributed by atoms with E-state index >= 15 is 0 Å². The number of carbonyl (C=O) groups excluding carboxylic acids is 2. The third-order valence-corrected chi connectivity index (χ3v) is 6.27. The number of hydrogen-bond acceptors (Lipinski definition) is 6. The molecule has 156 valence electrons. The molecule has 9 nitrogen and oxygen atoms in total. The second kappa shape index (κ2) is 9.24. The van der Waals surface area contributed by atoms with Crippen LogP contribution in [0.5, 0.6) is 0 Å². The van der Waals surface area contributed by atoms with Gasteiger partial charge in [0.2, 0.25) is 10.0 Å². The monoisotopic (exact) mass is 412 g/mol. The molecule has 1 heterocycles. The molecule has 1 N–H and O–H groups in total. The zero-order chi connectivity index (χ0) is 20.9. The molecule has 1 aliphatic heterocycles. The van der Waals surface area contributed by atoms with E-state index in [9.17, 15) is 18.0 Å². The zero-order valence-corrected chi connectivity index (χ0v) is 17.6. The molecule has 0 atom stereocenters. The van der Waals surface area contributed by atoms with Gasteiger partial charge in [0.1, 0.15) is 0 Å². The van der Waals surface area contributed by atoms with Gasteiger partial charge in [0.15, 0.2) is 0 Å². The summed E-state index contributed by atoms with van der Waals surface area (Å²) in [6.45, 7) is 5.99. The number of nitrogens with zero attached hydrogens (tertiary/aromatic N) is 3. The van der Waals surface area contributed by atoms with Crippen LogP contribution < -0.4 is 5.32 Å². The summed E-state index contributed by atoms with van der Waals surface area (Å²) in [5.74, 6) is -0.268. The Balaban J connectivity index is 2.25. The lowest BCUT2D eigenvalue weighted by Crippen LogP contribution is -2.50. The van der Waals surface area contributed by atoms with Crippen LogP contribution in [0.3, 0.4) is 0 Å². The van der Waals surface area contributed by atoms with Gasteiger partial charge in [-0.3, -0.25) is 4.79 Å². The van der Waals surface area contributed by atoms with Crippen molar-refractivity contribution in [2.45, 2.75) is 18.7 Å². The molecule has 28 heavy (non-hydrogen) atoms. The molecule has 0 saturated carbocycles. The van der Waals surface area contributed by atoms with Crippen LogP contribution in [0.2, 0.25) is 0 Å².